The van der Waals surface area contributed by atoms with E-state index in [0.717, 1.165) is 78.0 Å². The first-order valence-corrected chi connectivity index (χ1v) is 22.3. The Balaban J connectivity index is 1.09. The summed E-state index contributed by atoms with van der Waals surface area (Å²) < 4.78 is 39.7. The highest BCUT2D eigenvalue weighted by atomic mass is 16.3. The van der Waals surface area contributed by atoms with Gasteiger partial charge in [-0.2, -0.15) is 5.26 Å². The van der Waals surface area contributed by atoms with Crippen LogP contribution in [0.5, 0.6) is 0 Å². The molecule has 5 aromatic carbocycles. The van der Waals surface area contributed by atoms with E-state index in [9.17, 15) is 5.26 Å². The SMILES string of the molecule is [2H]C([2H])([2H])c1ccc2c(n1)oc1c(-c3cc(C([2H])(C)C)ccn3)ccc(-c3ccccc3-c3cc(CCc4ccc(-c5ccccn5)cc4C#N)cc(CCc4ccc(-c5ccccn5)cc4[N+]#[C-])c3)c12. The zero-order chi connectivity index (χ0) is 49.3. The molecule has 0 atom stereocenters. The molecule has 5 aromatic heterocycles. The van der Waals surface area contributed by atoms with E-state index in [-0.39, 0.29) is 11.4 Å². The predicted octanol–water partition coefficient (Wildman–Crippen LogP) is 14.9. The quantitative estimate of drug-likeness (QED) is 0.114. The van der Waals surface area contributed by atoms with E-state index in [1.807, 2.05) is 117 Å². The summed E-state index contributed by atoms with van der Waals surface area (Å²) >= 11 is 0. The number of fused-ring (bicyclic) bond motifs is 3. The maximum Gasteiger partial charge on any atom is 0.227 e. The molecule has 0 saturated carbocycles. The number of hydrogen-bond donors (Lipinski definition) is 0. The van der Waals surface area contributed by atoms with Crippen LogP contribution in [0.4, 0.5) is 5.69 Å². The van der Waals surface area contributed by atoms with Gasteiger partial charge in [-0.1, -0.05) is 98.8 Å². The second kappa shape index (κ2) is 18.5. The van der Waals surface area contributed by atoms with Crippen molar-refractivity contribution in [2.45, 2.75) is 52.3 Å². The summed E-state index contributed by atoms with van der Waals surface area (Å²) in [5, 5.41) is 11.8. The van der Waals surface area contributed by atoms with Gasteiger partial charge in [-0.3, -0.25) is 15.0 Å². The Labute approximate surface area is 396 Å². The molecule has 7 heteroatoms. The molecule has 0 aliphatic carbocycles. The van der Waals surface area contributed by atoms with Crippen molar-refractivity contribution in [2.24, 2.45) is 0 Å². The third kappa shape index (κ3) is 8.72. The number of benzene rings is 5. The third-order valence-electron chi connectivity index (χ3n) is 12.4. The standard InChI is InChI=1S/C60H46N6O/c1-38(2)44-27-30-65-57(35-44)52-26-25-51(58-53-24-15-39(3)66-60(53)67-59(52)58)50-12-6-5-11-49(50)47-32-40(16-18-42-20-22-45(34-48(42)37-61)54-13-7-9-28-63-54)31-41(33-47)17-19-43-21-23-46(36-56(43)62-4)55-14-8-10-29-64-55/h5-15,20-36,38H,16-19H2,1-3H3/i3D3,38D. The van der Waals surface area contributed by atoms with Gasteiger partial charge >= 0.3 is 0 Å². The number of pyridine rings is 4. The first kappa shape index (κ1) is 37.8. The molecule has 7 nitrogen and oxygen atoms in total. The Hall–Kier alpha value is -8.52. The molecule has 0 saturated heterocycles. The van der Waals surface area contributed by atoms with Crippen LogP contribution in [-0.2, 0) is 25.7 Å². The molecular formula is C60H46N6O. The second-order valence-corrected chi connectivity index (χ2v) is 16.9. The summed E-state index contributed by atoms with van der Waals surface area (Å²) in [5.41, 5.74) is 15.3. The Kier molecular flexibility index (Phi) is 10.5. The molecular weight excluding hydrogens is 821 g/mol. The maximum absolute atomic E-state index is 10.3. The van der Waals surface area contributed by atoms with E-state index in [0.29, 0.717) is 59.2 Å². The number of hydrogen-bond acceptors (Lipinski definition) is 6. The van der Waals surface area contributed by atoms with Crippen molar-refractivity contribution in [2.75, 3.05) is 0 Å². The minimum absolute atomic E-state index is 0.0633. The molecule has 10 aromatic rings. The van der Waals surface area contributed by atoms with Crippen LogP contribution in [0.15, 0.2) is 175 Å². The largest absolute Gasteiger partial charge is 0.437 e. The fraction of sp³-hybridized carbons (Fsp3) is 0.133. The van der Waals surface area contributed by atoms with Crippen LogP contribution in [0.3, 0.4) is 0 Å². The van der Waals surface area contributed by atoms with Crippen molar-refractivity contribution in [3.05, 3.63) is 221 Å². The molecule has 0 bridgehead atoms. The number of rotatable bonds is 12. The first-order valence-electron chi connectivity index (χ1n) is 24.3. The molecule has 5 heterocycles. The van der Waals surface area contributed by atoms with E-state index < -0.39 is 12.7 Å². The summed E-state index contributed by atoms with van der Waals surface area (Å²) in [4.78, 5) is 22.2. The van der Waals surface area contributed by atoms with Crippen LogP contribution in [0.2, 0.25) is 0 Å². The van der Waals surface area contributed by atoms with E-state index in [4.69, 9.17) is 21.5 Å². The smallest absolute Gasteiger partial charge is 0.227 e. The second-order valence-electron chi connectivity index (χ2n) is 16.9. The number of nitrogens with zero attached hydrogens (tertiary/aromatic N) is 6. The van der Waals surface area contributed by atoms with Gasteiger partial charge in [-0.25, -0.2) is 9.83 Å². The van der Waals surface area contributed by atoms with E-state index in [2.05, 4.69) is 62.3 Å². The van der Waals surface area contributed by atoms with Gasteiger partial charge in [0.05, 0.1) is 35.3 Å². The summed E-state index contributed by atoms with van der Waals surface area (Å²) in [6.07, 6.45) is 7.81. The normalized spacial score (nSPS) is 12.5. The third-order valence-corrected chi connectivity index (χ3v) is 12.4. The van der Waals surface area contributed by atoms with E-state index in [1.54, 1.807) is 30.7 Å². The highest BCUT2D eigenvalue weighted by Gasteiger charge is 2.22. The topological polar surface area (TPSA) is 92.8 Å². The van der Waals surface area contributed by atoms with Crippen LogP contribution in [0.1, 0.15) is 64.3 Å². The van der Waals surface area contributed by atoms with Crippen molar-refractivity contribution in [3.63, 3.8) is 0 Å². The molecule has 0 spiro atoms. The Morgan fingerprint density at radius 3 is 1.99 bits per heavy atom. The lowest BCUT2D eigenvalue weighted by Gasteiger charge is -2.16. The maximum atomic E-state index is 10.3. The Morgan fingerprint density at radius 1 is 0.627 bits per heavy atom. The summed E-state index contributed by atoms with van der Waals surface area (Å²) in [7, 11) is 0. The zero-order valence-electron chi connectivity index (χ0n) is 41.1. The predicted molar refractivity (Wildman–Crippen MR) is 270 cm³/mol. The fourth-order valence-corrected chi connectivity index (χ4v) is 8.97. The number of nitriles is 1. The summed E-state index contributed by atoms with van der Waals surface area (Å²) in [5.74, 6) is -0.875. The minimum Gasteiger partial charge on any atom is -0.437 e. The van der Waals surface area contributed by atoms with Gasteiger partial charge in [0.1, 0.15) is 5.58 Å². The van der Waals surface area contributed by atoms with Crippen LogP contribution in [0.25, 0.3) is 82.9 Å². The summed E-state index contributed by atoms with van der Waals surface area (Å²) in [6, 6.07) is 52.0. The molecule has 0 N–H and O–H groups in total. The van der Waals surface area contributed by atoms with E-state index >= 15 is 0 Å². The zero-order valence-corrected chi connectivity index (χ0v) is 37.1. The lowest BCUT2D eigenvalue weighted by Crippen LogP contribution is -1.99. The monoisotopic (exact) mass is 870 g/mol. The highest BCUT2D eigenvalue weighted by Crippen LogP contribution is 2.44. The van der Waals surface area contributed by atoms with Crippen LogP contribution < -0.4 is 0 Å². The molecule has 0 aliphatic heterocycles. The lowest BCUT2D eigenvalue weighted by molar-refractivity contribution is 0.653. The minimum atomic E-state index is -2.44. The van der Waals surface area contributed by atoms with Gasteiger partial charge < -0.3 is 4.42 Å². The molecule has 10 rings (SSSR count). The average molecular weight is 871 g/mol. The molecule has 0 amide bonds. The summed E-state index contributed by atoms with van der Waals surface area (Å²) in [6.45, 7) is 9.33. The van der Waals surface area contributed by atoms with E-state index in [1.165, 1.54) is 0 Å². The van der Waals surface area contributed by atoms with Crippen LogP contribution >= 0.6 is 0 Å². The van der Waals surface area contributed by atoms with Gasteiger partial charge in [0, 0.05) is 51.7 Å². The van der Waals surface area contributed by atoms with Crippen molar-refractivity contribution in [1.82, 2.24) is 19.9 Å². The van der Waals surface area contributed by atoms with Crippen molar-refractivity contribution in [3.8, 4) is 62.1 Å². The molecule has 67 heavy (non-hydrogen) atoms. The molecule has 0 fully saturated rings. The van der Waals surface area contributed by atoms with Gasteiger partial charge in [-0.15, -0.1) is 0 Å². The average Bonchev–Trinajstić information content (AvgIpc) is 3.78. The molecule has 322 valence electrons. The van der Waals surface area contributed by atoms with Gasteiger partial charge in [0.25, 0.3) is 0 Å². The molecule has 0 unspecified atom stereocenters. The van der Waals surface area contributed by atoms with Crippen LogP contribution in [-0.4, -0.2) is 19.9 Å². The molecule has 0 radical (unpaired) electrons. The first-order chi connectivity index (χ1) is 34.3. The highest BCUT2D eigenvalue weighted by molar-refractivity contribution is 6.16. The Morgan fingerprint density at radius 2 is 1.30 bits per heavy atom. The fourth-order valence-electron chi connectivity index (χ4n) is 8.97. The Bertz CT molecular complexity index is 3590. The number of aryl methyl sites for hydroxylation is 5. The number of aromatic nitrogens is 4. The van der Waals surface area contributed by atoms with Crippen molar-refractivity contribution < 1.29 is 9.90 Å². The molecule has 0 aliphatic rings. The van der Waals surface area contributed by atoms with Gasteiger partial charge in [0.2, 0.25) is 5.71 Å². The van der Waals surface area contributed by atoms with Gasteiger partial charge in [0.15, 0.2) is 5.69 Å². The van der Waals surface area contributed by atoms with Crippen molar-refractivity contribution >= 4 is 27.8 Å². The van der Waals surface area contributed by atoms with Crippen LogP contribution in [0, 0.1) is 24.8 Å². The number of furan rings is 1. The lowest BCUT2D eigenvalue weighted by atomic mass is 9.88. The van der Waals surface area contributed by atoms with Gasteiger partial charge in [-0.05, 0) is 161 Å². The van der Waals surface area contributed by atoms with Crippen molar-refractivity contribution in [1.29, 1.82) is 5.26 Å².